The minimum atomic E-state index is -1.55. The van der Waals surface area contributed by atoms with Crippen LogP contribution < -0.4 is 19.8 Å². The summed E-state index contributed by atoms with van der Waals surface area (Å²) in [5.74, 6) is -5.34. The van der Waals surface area contributed by atoms with Crippen molar-refractivity contribution in [2.75, 3.05) is 24.5 Å². The smallest absolute Gasteiger partial charge is 0.260 e. The lowest BCUT2D eigenvalue weighted by atomic mass is 9.50. The van der Waals surface area contributed by atoms with E-state index < -0.39 is 52.7 Å². The molecule has 62 heavy (non-hydrogen) atoms. The number of phenolic OH excluding ortho intramolecular Hbond substituents is 1. The zero-order valence-corrected chi connectivity index (χ0v) is 35.0. The summed E-state index contributed by atoms with van der Waals surface area (Å²) < 4.78 is 10.9. The maximum absolute atomic E-state index is 15.5. The number of hydrogen-bond donors (Lipinski definition) is 2. The van der Waals surface area contributed by atoms with Gasteiger partial charge in [-0.2, -0.15) is 5.01 Å². The second kappa shape index (κ2) is 16.0. The van der Waals surface area contributed by atoms with Crippen molar-refractivity contribution in [1.82, 2.24) is 5.01 Å². The number of phenols is 1. The maximum atomic E-state index is 15.5. The number of hydrazine groups is 1. The van der Waals surface area contributed by atoms with Crippen LogP contribution in [0.1, 0.15) is 39.9 Å². The molecule has 4 aliphatic rings. The molecule has 5 aromatic carbocycles. The first-order valence-corrected chi connectivity index (χ1v) is 20.8. The van der Waals surface area contributed by atoms with Crippen molar-refractivity contribution in [2.24, 2.45) is 29.6 Å². The van der Waals surface area contributed by atoms with Gasteiger partial charge in [-0.15, -0.1) is 0 Å². The lowest BCUT2D eigenvalue weighted by molar-refractivity contribution is -0.139. The van der Waals surface area contributed by atoms with Crippen LogP contribution in [0.15, 0.2) is 133 Å². The van der Waals surface area contributed by atoms with Crippen LogP contribution in [0, 0.1) is 29.6 Å². The highest BCUT2D eigenvalue weighted by Gasteiger charge is 2.69. The minimum absolute atomic E-state index is 0.0521. The average Bonchev–Trinajstić information content (AvgIpc) is 3.67. The highest BCUT2D eigenvalue weighted by Crippen LogP contribution is 2.62. The molecule has 2 aliphatic heterocycles. The van der Waals surface area contributed by atoms with E-state index in [1.54, 1.807) is 103 Å². The molecule has 0 spiro atoms. The number of ketones is 1. The van der Waals surface area contributed by atoms with E-state index in [0.29, 0.717) is 38.7 Å². The summed E-state index contributed by atoms with van der Waals surface area (Å²) in [6.07, 6.45) is 5.92. The van der Waals surface area contributed by atoms with Gasteiger partial charge in [0.05, 0.1) is 53.8 Å². The predicted molar refractivity (Wildman–Crippen MR) is 234 cm³/mol. The Labute approximate surface area is 367 Å². The molecule has 2 heterocycles. The summed E-state index contributed by atoms with van der Waals surface area (Å²) in [7, 11) is 2.98. The first-order chi connectivity index (χ1) is 30.0. The van der Waals surface area contributed by atoms with Crippen molar-refractivity contribution in [1.29, 1.82) is 0 Å². The van der Waals surface area contributed by atoms with Gasteiger partial charge in [-0.25, -0.2) is 0 Å². The molecule has 6 atom stereocenters. The van der Waals surface area contributed by atoms with Gasteiger partial charge in [0.2, 0.25) is 11.8 Å². The van der Waals surface area contributed by atoms with Crippen LogP contribution >= 0.6 is 23.2 Å². The minimum Gasteiger partial charge on any atom is -0.504 e. The molecule has 312 valence electrons. The third kappa shape index (κ3) is 6.54. The zero-order chi connectivity index (χ0) is 43.4. The Morgan fingerprint density at radius 2 is 1.53 bits per heavy atom. The van der Waals surface area contributed by atoms with E-state index in [9.17, 15) is 19.5 Å². The van der Waals surface area contributed by atoms with Gasteiger partial charge in [0, 0.05) is 22.1 Å². The van der Waals surface area contributed by atoms with E-state index in [0.717, 1.165) is 10.6 Å². The van der Waals surface area contributed by atoms with Crippen molar-refractivity contribution in [2.45, 2.75) is 18.3 Å². The number of allylic oxidation sites excluding steroid dienone is 3. The van der Waals surface area contributed by atoms with Crippen molar-refractivity contribution < 1.29 is 38.6 Å². The van der Waals surface area contributed by atoms with Crippen molar-refractivity contribution in [3.05, 3.63) is 165 Å². The van der Waals surface area contributed by atoms with Gasteiger partial charge in [-0.3, -0.25) is 34.3 Å². The number of ether oxygens (including phenoxy) is 2. The van der Waals surface area contributed by atoms with Crippen molar-refractivity contribution >= 4 is 70.1 Å². The molecule has 1 saturated carbocycles. The molecule has 13 heteroatoms. The number of anilines is 2. The number of nitrogens with one attached hydrogen (secondary N) is 1. The molecule has 11 nitrogen and oxygen atoms in total. The fourth-order valence-electron chi connectivity index (χ4n) is 9.87. The molecule has 3 fully saturated rings. The highest BCUT2D eigenvalue weighted by atomic mass is 35.5. The van der Waals surface area contributed by atoms with Gasteiger partial charge < -0.3 is 14.6 Å². The van der Waals surface area contributed by atoms with Crippen LogP contribution in [0.3, 0.4) is 0 Å². The van der Waals surface area contributed by atoms with E-state index in [1.165, 1.54) is 31.3 Å². The molecule has 2 N–H and O–H groups in total. The second-order valence-corrected chi connectivity index (χ2v) is 16.6. The SMILES string of the molecule is COc1ccc(C23C(=O)N(Nc4ccc(Cl)cc4Cl)C(=O)C2CC2C(=CCC4C(=O)N(c5ccc(C(=O)c6ccccc6)cc5)C(=O)C42)C3C=Cc2ccc(O)c(OC)c2)cc1. The maximum Gasteiger partial charge on any atom is 0.260 e. The van der Waals surface area contributed by atoms with Gasteiger partial charge in [0.1, 0.15) is 5.75 Å². The Hall–Kier alpha value is -6.69. The number of carbonyl (C=O) groups is 5. The number of hydrogen-bond acceptors (Lipinski definition) is 9. The van der Waals surface area contributed by atoms with E-state index in [1.807, 2.05) is 18.2 Å². The summed E-state index contributed by atoms with van der Waals surface area (Å²) >= 11 is 12.8. The summed E-state index contributed by atoms with van der Waals surface area (Å²) in [5, 5.41) is 11.9. The normalized spacial score (nSPS) is 24.1. The Morgan fingerprint density at radius 1 is 0.806 bits per heavy atom. The van der Waals surface area contributed by atoms with Crippen LogP contribution in [-0.4, -0.2) is 53.7 Å². The fourth-order valence-corrected chi connectivity index (χ4v) is 10.3. The molecule has 0 bridgehead atoms. The number of benzene rings is 5. The number of aromatic hydroxyl groups is 1. The predicted octanol–water partition coefficient (Wildman–Crippen LogP) is 8.68. The first-order valence-electron chi connectivity index (χ1n) is 20.0. The topological polar surface area (TPSA) is 143 Å². The zero-order valence-electron chi connectivity index (χ0n) is 33.5. The molecule has 6 unspecified atom stereocenters. The number of methoxy groups -OCH3 is 2. The molecule has 2 saturated heterocycles. The standard InChI is InChI=1S/C49H39Cl2N3O8/c1-61-33-17-12-30(13-18-33)49-37(21-8-27-9-23-41(55)42(24-27)62-2)34-19-20-35-43(36(34)26-38(49)46(58)54(48(49)60)52-40-22-14-31(50)25-39(40)51)47(59)53(45(35)57)32-15-10-29(11-16-32)44(56)28-6-4-3-5-7-28/h3-19,21-25,35-38,43,52,55H,20,26H2,1-2H3. The molecule has 2 aliphatic carbocycles. The molecular formula is C49H39Cl2N3O8. The molecule has 5 aromatic rings. The van der Waals surface area contributed by atoms with Crippen LogP contribution in [-0.2, 0) is 24.6 Å². The van der Waals surface area contributed by atoms with Gasteiger partial charge in [0.25, 0.3) is 11.8 Å². The molecule has 0 radical (unpaired) electrons. The highest BCUT2D eigenvalue weighted by molar-refractivity contribution is 6.36. The summed E-state index contributed by atoms with van der Waals surface area (Å²) in [6, 6.07) is 31.8. The van der Waals surface area contributed by atoms with Gasteiger partial charge in [0.15, 0.2) is 17.3 Å². The Morgan fingerprint density at radius 3 is 2.23 bits per heavy atom. The molecule has 0 aromatic heterocycles. The van der Waals surface area contributed by atoms with Crippen LogP contribution in [0.2, 0.25) is 10.0 Å². The van der Waals surface area contributed by atoms with Crippen molar-refractivity contribution in [3.8, 4) is 17.2 Å². The number of rotatable bonds is 10. The average molecular weight is 869 g/mol. The lowest BCUT2D eigenvalue weighted by Gasteiger charge is -2.49. The number of imide groups is 2. The van der Waals surface area contributed by atoms with E-state index >= 15 is 9.59 Å². The first kappa shape index (κ1) is 40.7. The summed E-state index contributed by atoms with van der Waals surface area (Å²) in [4.78, 5) is 74.0. The number of fused-ring (bicyclic) bond motifs is 4. The van der Waals surface area contributed by atoms with Crippen LogP contribution in [0.25, 0.3) is 6.08 Å². The Bertz CT molecular complexity index is 2720. The van der Waals surface area contributed by atoms with E-state index in [2.05, 4.69) is 5.43 Å². The van der Waals surface area contributed by atoms with Crippen LogP contribution in [0.4, 0.5) is 11.4 Å². The molecule has 4 amide bonds. The molecule has 9 rings (SSSR count). The molecular weight excluding hydrogens is 829 g/mol. The van der Waals surface area contributed by atoms with E-state index in [-0.39, 0.29) is 46.7 Å². The quantitative estimate of drug-likeness (QED) is 0.0801. The lowest BCUT2D eigenvalue weighted by Crippen LogP contribution is -2.54. The van der Waals surface area contributed by atoms with Crippen molar-refractivity contribution in [3.63, 3.8) is 0 Å². The van der Waals surface area contributed by atoms with E-state index in [4.69, 9.17) is 32.7 Å². The number of halogens is 2. The summed E-state index contributed by atoms with van der Waals surface area (Å²) in [6.45, 7) is 0. The van der Waals surface area contributed by atoms with Crippen LogP contribution in [0.5, 0.6) is 17.2 Å². The number of carbonyl (C=O) groups excluding carboxylic acids is 5. The fraction of sp³-hybridized carbons (Fsp3) is 0.204. The Kier molecular flexibility index (Phi) is 10.5. The number of amides is 4. The van der Waals surface area contributed by atoms with Gasteiger partial charge >= 0.3 is 0 Å². The van der Waals surface area contributed by atoms with Gasteiger partial charge in [-0.05, 0) is 96.6 Å². The third-order valence-corrected chi connectivity index (χ3v) is 13.3. The third-order valence-electron chi connectivity index (χ3n) is 12.7. The summed E-state index contributed by atoms with van der Waals surface area (Å²) in [5.41, 5.74) is 4.93. The van der Waals surface area contributed by atoms with Gasteiger partial charge in [-0.1, -0.05) is 95.5 Å². The second-order valence-electron chi connectivity index (χ2n) is 15.8. The monoisotopic (exact) mass is 867 g/mol. The Balaban J connectivity index is 1.15. The number of nitrogens with zero attached hydrogens (tertiary/aromatic N) is 2. The largest absolute Gasteiger partial charge is 0.504 e.